The van der Waals surface area contributed by atoms with Gasteiger partial charge in [-0.1, -0.05) is 20.2 Å². The molecule has 0 unspecified atom stereocenters. The molecule has 0 saturated carbocycles. The average Bonchev–Trinajstić information content (AvgIpc) is 2.55. The summed E-state index contributed by atoms with van der Waals surface area (Å²) in [6.07, 6.45) is -8.96. The standard InChI is InChI=1S/C8H9F3O5.C3H8.C2H3F3O/c1-7(2-15-6(13)16-3-7)5(12)14-4-8(9,10)11;1-3-2;3-2(4,5)1-6/h2-4H2,1H3;3H2,1-2H3;6H,1H2/i;1T;. The monoisotopic (exact) mass is 388 g/mol. The summed E-state index contributed by atoms with van der Waals surface area (Å²) < 4.78 is 86.2. The van der Waals surface area contributed by atoms with Crippen LogP contribution in [0.1, 0.15) is 28.5 Å². The van der Waals surface area contributed by atoms with E-state index in [1.165, 1.54) is 6.92 Å². The molecule has 150 valence electrons. The van der Waals surface area contributed by atoms with Crippen LogP contribution in [0.3, 0.4) is 0 Å². The van der Waals surface area contributed by atoms with Gasteiger partial charge in [-0.2, -0.15) is 26.3 Å². The van der Waals surface area contributed by atoms with Gasteiger partial charge in [-0.25, -0.2) is 4.79 Å². The van der Waals surface area contributed by atoms with Crippen molar-refractivity contribution in [2.24, 2.45) is 5.41 Å². The molecule has 0 aromatic heterocycles. The summed E-state index contributed by atoms with van der Waals surface area (Å²) in [6, 6.07) is 0. The highest BCUT2D eigenvalue weighted by Gasteiger charge is 2.43. The zero-order valence-corrected chi connectivity index (χ0v) is 13.5. The lowest BCUT2D eigenvalue weighted by Gasteiger charge is -2.29. The van der Waals surface area contributed by atoms with E-state index >= 15 is 0 Å². The molecule has 0 aliphatic carbocycles. The molecular formula is C13H20F6O6. The molecule has 0 aromatic carbocycles. The van der Waals surface area contributed by atoms with Crippen LogP contribution in [0, 0.1) is 5.41 Å². The Morgan fingerprint density at radius 3 is 1.92 bits per heavy atom. The van der Waals surface area contributed by atoms with Gasteiger partial charge in [0.15, 0.2) is 6.61 Å². The molecule has 25 heavy (non-hydrogen) atoms. The zero-order chi connectivity index (χ0) is 21.0. The first-order chi connectivity index (χ1) is 11.7. The Labute approximate surface area is 141 Å². The van der Waals surface area contributed by atoms with Crippen LogP contribution in [0.25, 0.3) is 0 Å². The molecule has 1 heterocycles. The number of carbonyl (C=O) groups excluding carboxylic acids is 2. The minimum Gasteiger partial charge on any atom is -0.455 e. The van der Waals surface area contributed by atoms with Crippen LogP contribution in [0.4, 0.5) is 31.1 Å². The van der Waals surface area contributed by atoms with E-state index in [0.29, 0.717) is 6.90 Å². The Hall–Kier alpha value is -1.72. The van der Waals surface area contributed by atoms with Crippen LogP contribution in [0.5, 0.6) is 0 Å². The molecule has 12 heteroatoms. The second-order valence-corrected chi connectivity index (χ2v) is 4.85. The van der Waals surface area contributed by atoms with Gasteiger partial charge in [0.25, 0.3) is 0 Å². The maximum atomic E-state index is 11.8. The first-order valence-corrected chi connectivity index (χ1v) is 6.71. The first kappa shape index (κ1) is 23.3. The molecular weight excluding hydrogens is 366 g/mol. The molecule has 0 bridgehead atoms. The van der Waals surface area contributed by atoms with Gasteiger partial charge in [0, 0.05) is 1.37 Å². The van der Waals surface area contributed by atoms with Crippen molar-refractivity contribution in [3.8, 4) is 0 Å². The summed E-state index contributed by atoms with van der Waals surface area (Å²) in [5, 5.41) is 7.28. The molecule has 0 atom stereocenters. The van der Waals surface area contributed by atoms with Gasteiger partial charge >= 0.3 is 24.5 Å². The summed E-state index contributed by atoms with van der Waals surface area (Å²) in [4.78, 5) is 21.8. The summed E-state index contributed by atoms with van der Waals surface area (Å²) in [5.74, 6) is -1.11. The predicted molar refractivity (Wildman–Crippen MR) is 71.5 cm³/mol. The fraction of sp³-hybridized carbons (Fsp3) is 0.846. The van der Waals surface area contributed by atoms with Gasteiger partial charge < -0.3 is 19.3 Å². The molecule has 1 aliphatic rings. The van der Waals surface area contributed by atoms with Gasteiger partial charge in [0.1, 0.15) is 25.2 Å². The van der Waals surface area contributed by atoms with E-state index in [9.17, 15) is 35.9 Å². The number of hydrogen-bond acceptors (Lipinski definition) is 6. The van der Waals surface area contributed by atoms with Crippen molar-refractivity contribution < 1.29 is 56.6 Å². The van der Waals surface area contributed by atoms with E-state index in [2.05, 4.69) is 14.2 Å². The number of halogens is 6. The number of carbonyl (C=O) groups is 2. The van der Waals surface area contributed by atoms with Crippen molar-refractivity contribution in [1.29, 1.82) is 0 Å². The highest BCUT2D eigenvalue weighted by atomic mass is 19.4. The number of aliphatic hydroxyl groups excluding tert-OH is 1. The van der Waals surface area contributed by atoms with Gasteiger partial charge in [-0.3, -0.25) is 4.79 Å². The van der Waals surface area contributed by atoms with Crippen LogP contribution in [0.15, 0.2) is 0 Å². The number of aliphatic hydroxyl groups is 1. The fourth-order valence-electron chi connectivity index (χ4n) is 0.959. The molecule has 6 nitrogen and oxygen atoms in total. The third-order valence-corrected chi connectivity index (χ3v) is 2.06. The van der Waals surface area contributed by atoms with Gasteiger partial charge in [-0.05, 0) is 6.92 Å². The topological polar surface area (TPSA) is 82.1 Å². The number of ether oxygens (including phenoxy) is 3. The van der Waals surface area contributed by atoms with Crippen LogP contribution in [-0.4, -0.2) is 56.0 Å². The number of hydrogen-bond donors (Lipinski definition) is 1. The molecule has 0 amide bonds. The average molecular weight is 388 g/mol. The quantitative estimate of drug-likeness (QED) is 0.578. The molecule has 1 N–H and O–H groups in total. The van der Waals surface area contributed by atoms with Crippen LogP contribution in [0.2, 0.25) is 0 Å². The SMILES string of the molecule is CC1(C(=O)OCC(F)(F)F)COC(=O)OC1.OCC(F)(F)F.[3H]CCC. The lowest BCUT2D eigenvalue weighted by atomic mass is 9.93. The smallest absolute Gasteiger partial charge is 0.455 e. The lowest BCUT2D eigenvalue weighted by molar-refractivity contribution is -0.199. The summed E-state index contributed by atoms with van der Waals surface area (Å²) >= 11 is 0. The Morgan fingerprint density at radius 1 is 1.24 bits per heavy atom. The minimum atomic E-state index is -4.59. The third kappa shape index (κ3) is 14.3. The number of alkyl halides is 6. The molecule has 1 fully saturated rings. The minimum absolute atomic E-state index is 0.359. The Kier molecular flexibility index (Phi) is 10.2. The molecule has 1 saturated heterocycles. The van der Waals surface area contributed by atoms with E-state index in [1.54, 1.807) is 0 Å². The number of rotatable bonds is 2. The molecule has 0 spiro atoms. The summed E-state index contributed by atoms with van der Waals surface area (Å²) in [5.41, 5.74) is -1.39. The Balaban J connectivity index is 0. The van der Waals surface area contributed by atoms with E-state index in [4.69, 9.17) is 6.48 Å². The highest BCUT2D eigenvalue weighted by Crippen LogP contribution is 2.25. The normalized spacial score (nSPS) is 16.7. The van der Waals surface area contributed by atoms with Crippen LogP contribution < -0.4 is 0 Å². The largest absolute Gasteiger partial charge is 0.508 e. The van der Waals surface area contributed by atoms with Gasteiger partial charge in [-0.15, -0.1) is 0 Å². The summed E-state index contributed by atoms with van der Waals surface area (Å²) in [7, 11) is 0. The van der Waals surface area contributed by atoms with Gasteiger partial charge in [0.05, 0.1) is 0 Å². The maximum absolute atomic E-state index is 11.8. The van der Waals surface area contributed by atoms with Crippen molar-refractivity contribution >= 4 is 12.1 Å². The molecule has 0 radical (unpaired) electrons. The predicted octanol–water partition coefficient (Wildman–Crippen LogP) is 3.22. The number of cyclic esters (lactones) is 2. The molecule has 1 aliphatic heterocycles. The third-order valence-electron chi connectivity index (χ3n) is 2.06. The van der Waals surface area contributed by atoms with Crippen LogP contribution in [-0.2, 0) is 19.0 Å². The second-order valence-electron chi connectivity index (χ2n) is 4.85. The first-order valence-electron chi connectivity index (χ1n) is 7.42. The van der Waals surface area contributed by atoms with Crippen molar-refractivity contribution in [3.63, 3.8) is 0 Å². The fourth-order valence-corrected chi connectivity index (χ4v) is 0.959. The van der Waals surface area contributed by atoms with E-state index in [-0.39, 0.29) is 13.2 Å². The molecule has 0 aromatic rings. The van der Waals surface area contributed by atoms with Crippen LogP contribution >= 0.6 is 0 Å². The Bertz CT molecular complexity index is 414. The lowest BCUT2D eigenvalue weighted by Crippen LogP contribution is -2.44. The second kappa shape index (κ2) is 11.0. The van der Waals surface area contributed by atoms with E-state index in [1.807, 2.05) is 6.92 Å². The van der Waals surface area contributed by atoms with Gasteiger partial charge in [0.2, 0.25) is 0 Å². The van der Waals surface area contributed by atoms with Crippen molar-refractivity contribution in [1.82, 2.24) is 0 Å². The van der Waals surface area contributed by atoms with Crippen molar-refractivity contribution in [3.05, 3.63) is 0 Å². The molecule has 1 rings (SSSR count). The number of esters is 1. The highest BCUT2D eigenvalue weighted by molar-refractivity contribution is 5.78. The van der Waals surface area contributed by atoms with E-state index in [0.717, 1.165) is 6.42 Å². The zero-order valence-electron chi connectivity index (χ0n) is 14.5. The maximum Gasteiger partial charge on any atom is 0.508 e. The van der Waals surface area contributed by atoms with Crippen molar-refractivity contribution in [2.75, 3.05) is 26.4 Å². The summed E-state index contributed by atoms with van der Waals surface area (Å²) in [6.45, 7) is -0.265. The Morgan fingerprint density at radius 2 is 1.64 bits per heavy atom. The van der Waals surface area contributed by atoms with E-state index < -0.39 is 43.1 Å². The van der Waals surface area contributed by atoms with Crippen molar-refractivity contribution in [2.45, 2.75) is 39.5 Å².